The summed E-state index contributed by atoms with van der Waals surface area (Å²) in [6.45, 7) is 0. The molecule has 7 nitrogen and oxygen atoms in total. The smallest absolute Gasteiger partial charge is 0.272 e. The standard InChI is InChI=1S/C16H11ClN4O3S2/c17-11-6-5-10(7-13(11)21(23)24)8-18-20-15(22)9-25-16-19-12-3-1-2-4-14(12)26-16/h1-8H,9H2,(H,20,22)/b18-8+. The van der Waals surface area contributed by atoms with Crippen LogP contribution in [0.25, 0.3) is 10.2 Å². The molecule has 0 aliphatic heterocycles. The molecule has 1 aromatic heterocycles. The summed E-state index contributed by atoms with van der Waals surface area (Å²) in [6.07, 6.45) is 1.32. The average Bonchev–Trinajstić information content (AvgIpc) is 3.04. The number of benzene rings is 2. The van der Waals surface area contributed by atoms with Gasteiger partial charge in [-0.15, -0.1) is 11.3 Å². The number of thioether (sulfide) groups is 1. The van der Waals surface area contributed by atoms with Crippen molar-refractivity contribution in [3.05, 3.63) is 63.2 Å². The van der Waals surface area contributed by atoms with Gasteiger partial charge in [0.05, 0.1) is 27.1 Å². The highest BCUT2D eigenvalue weighted by Crippen LogP contribution is 2.29. The van der Waals surface area contributed by atoms with E-state index in [-0.39, 0.29) is 22.4 Å². The Morgan fingerprint density at radius 3 is 2.96 bits per heavy atom. The second-order valence-corrected chi connectivity index (χ2v) is 7.66. The van der Waals surface area contributed by atoms with Gasteiger partial charge in [0, 0.05) is 11.6 Å². The van der Waals surface area contributed by atoms with E-state index in [9.17, 15) is 14.9 Å². The molecule has 1 heterocycles. The number of carbonyl (C=O) groups excluding carboxylic acids is 1. The molecule has 0 aliphatic carbocycles. The molecule has 3 rings (SSSR count). The molecule has 10 heteroatoms. The van der Waals surface area contributed by atoms with Crippen LogP contribution < -0.4 is 5.43 Å². The van der Waals surface area contributed by atoms with Gasteiger partial charge in [-0.1, -0.05) is 41.6 Å². The van der Waals surface area contributed by atoms with Gasteiger partial charge >= 0.3 is 0 Å². The van der Waals surface area contributed by atoms with Crippen LogP contribution in [0.2, 0.25) is 5.02 Å². The molecule has 0 bridgehead atoms. The van der Waals surface area contributed by atoms with Crippen molar-refractivity contribution in [3.8, 4) is 0 Å². The summed E-state index contributed by atoms with van der Waals surface area (Å²) in [5.74, 6) is -0.133. The minimum atomic E-state index is -0.576. The maximum Gasteiger partial charge on any atom is 0.288 e. The van der Waals surface area contributed by atoms with Gasteiger partial charge < -0.3 is 0 Å². The lowest BCUT2D eigenvalue weighted by atomic mass is 10.2. The zero-order chi connectivity index (χ0) is 18.5. The van der Waals surface area contributed by atoms with E-state index >= 15 is 0 Å². The highest BCUT2D eigenvalue weighted by Gasteiger charge is 2.12. The molecule has 0 saturated carbocycles. The molecule has 26 heavy (non-hydrogen) atoms. The summed E-state index contributed by atoms with van der Waals surface area (Å²) in [5.41, 5.74) is 3.53. The fourth-order valence-corrected chi connectivity index (χ4v) is 4.05. The molecular formula is C16H11ClN4O3S2. The first kappa shape index (κ1) is 18.3. The van der Waals surface area contributed by atoms with E-state index < -0.39 is 4.92 Å². The van der Waals surface area contributed by atoms with E-state index in [2.05, 4.69) is 15.5 Å². The third-order valence-electron chi connectivity index (χ3n) is 3.17. The Hall–Kier alpha value is -2.49. The first-order valence-electron chi connectivity index (χ1n) is 7.27. The fourth-order valence-electron chi connectivity index (χ4n) is 2.00. The zero-order valence-corrected chi connectivity index (χ0v) is 15.5. The minimum absolute atomic E-state index is 0.0448. The van der Waals surface area contributed by atoms with E-state index in [1.807, 2.05) is 24.3 Å². The van der Waals surface area contributed by atoms with Crippen LogP contribution in [0.3, 0.4) is 0 Å². The minimum Gasteiger partial charge on any atom is -0.272 e. The van der Waals surface area contributed by atoms with Crippen LogP contribution >= 0.6 is 34.7 Å². The molecule has 0 radical (unpaired) electrons. The van der Waals surface area contributed by atoms with E-state index in [1.54, 1.807) is 6.07 Å². The summed E-state index contributed by atoms with van der Waals surface area (Å²) < 4.78 is 1.87. The van der Waals surface area contributed by atoms with Gasteiger partial charge in [-0.25, -0.2) is 10.4 Å². The molecule has 1 N–H and O–H groups in total. The monoisotopic (exact) mass is 406 g/mol. The number of amides is 1. The number of para-hydroxylation sites is 1. The maximum absolute atomic E-state index is 11.9. The third kappa shape index (κ3) is 4.57. The normalized spacial score (nSPS) is 11.1. The molecule has 0 fully saturated rings. The quantitative estimate of drug-likeness (QED) is 0.287. The summed E-state index contributed by atoms with van der Waals surface area (Å²) in [4.78, 5) is 26.5. The van der Waals surface area contributed by atoms with Crippen LogP contribution in [-0.2, 0) is 4.79 Å². The van der Waals surface area contributed by atoms with E-state index in [0.717, 1.165) is 14.6 Å². The number of rotatable bonds is 6. The maximum atomic E-state index is 11.9. The Bertz CT molecular complexity index is 973. The summed E-state index contributed by atoms with van der Waals surface area (Å²) >= 11 is 8.59. The van der Waals surface area contributed by atoms with Crippen LogP contribution in [0.1, 0.15) is 5.56 Å². The van der Waals surface area contributed by atoms with Crippen LogP contribution in [0.5, 0.6) is 0 Å². The number of thiazole rings is 1. The van der Waals surface area contributed by atoms with Crippen molar-refractivity contribution in [3.63, 3.8) is 0 Å². The van der Waals surface area contributed by atoms with Crippen molar-refractivity contribution in [2.45, 2.75) is 4.34 Å². The highest BCUT2D eigenvalue weighted by atomic mass is 35.5. The van der Waals surface area contributed by atoms with E-state index in [0.29, 0.717) is 5.56 Å². The summed E-state index contributed by atoms with van der Waals surface area (Å²) in [5, 5.41) is 14.7. The number of fused-ring (bicyclic) bond motifs is 1. The number of nitrogens with one attached hydrogen (secondary N) is 1. The molecule has 0 spiro atoms. The van der Waals surface area contributed by atoms with Crippen molar-refractivity contribution in [2.24, 2.45) is 5.10 Å². The summed E-state index contributed by atoms with van der Waals surface area (Å²) in [6, 6.07) is 12.0. The zero-order valence-electron chi connectivity index (χ0n) is 13.1. The summed E-state index contributed by atoms with van der Waals surface area (Å²) in [7, 11) is 0. The van der Waals surface area contributed by atoms with Crippen molar-refractivity contribution in [1.29, 1.82) is 0 Å². The molecule has 0 aliphatic rings. The number of hydrogen-bond donors (Lipinski definition) is 1. The molecule has 0 atom stereocenters. The van der Waals surface area contributed by atoms with Gasteiger partial charge in [-0.3, -0.25) is 14.9 Å². The first-order valence-corrected chi connectivity index (χ1v) is 9.45. The molecule has 132 valence electrons. The lowest BCUT2D eigenvalue weighted by Gasteiger charge is -1.99. The van der Waals surface area contributed by atoms with Crippen molar-refractivity contribution in [2.75, 3.05) is 5.75 Å². The Balaban J connectivity index is 1.54. The lowest BCUT2D eigenvalue weighted by molar-refractivity contribution is -0.384. The van der Waals surface area contributed by atoms with E-state index in [1.165, 1.54) is 41.4 Å². The average molecular weight is 407 g/mol. The number of nitro groups is 1. The topological polar surface area (TPSA) is 97.5 Å². The Morgan fingerprint density at radius 1 is 1.38 bits per heavy atom. The number of hydrogen-bond acceptors (Lipinski definition) is 7. The van der Waals surface area contributed by atoms with Crippen LogP contribution in [0.15, 0.2) is 51.9 Å². The number of nitrogens with zero attached hydrogens (tertiary/aromatic N) is 3. The van der Waals surface area contributed by atoms with Gasteiger partial charge in [0.1, 0.15) is 5.02 Å². The predicted molar refractivity (Wildman–Crippen MR) is 104 cm³/mol. The van der Waals surface area contributed by atoms with Gasteiger partial charge in [0.2, 0.25) is 0 Å². The lowest BCUT2D eigenvalue weighted by Crippen LogP contribution is -2.19. The Morgan fingerprint density at radius 2 is 2.19 bits per heavy atom. The van der Waals surface area contributed by atoms with Gasteiger partial charge in [0.15, 0.2) is 4.34 Å². The predicted octanol–water partition coefficient (Wildman–Crippen LogP) is 4.10. The fraction of sp³-hybridized carbons (Fsp3) is 0.0625. The van der Waals surface area contributed by atoms with Crippen molar-refractivity contribution in [1.82, 2.24) is 10.4 Å². The molecular weight excluding hydrogens is 396 g/mol. The Kier molecular flexibility index (Phi) is 5.82. The number of halogens is 1. The van der Waals surface area contributed by atoms with Crippen LogP contribution in [0, 0.1) is 10.1 Å². The largest absolute Gasteiger partial charge is 0.288 e. The van der Waals surface area contributed by atoms with Gasteiger partial charge in [0.25, 0.3) is 11.6 Å². The van der Waals surface area contributed by atoms with Crippen LogP contribution in [0.4, 0.5) is 5.69 Å². The molecule has 1 amide bonds. The second-order valence-electron chi connectivity index (χ2n) is 5.00. The van der Waals surface area contributed by atoms with Gasteiger partial charge in [-0.2, -0.15) is 5.10 Å². The second kappa shape index (κ2) is 8.26. The number of carbonyl (C=O) groups is 1. The number of aromatic nitrogens is 1. The molecule has 2 aromatic carbocycles. The van der Waals surface area contributed by atoms with Crippen molar-refractivity contribution >= 4 is 62.7 Å². The van der Waals surface area contributed by atoms with E-state index in [4.69, 9.17) is 11.6 Å². The number of nitro benzene ring substituents is 1. The first-order chi connectivity index (χ1) is 12.5. The molecule has 3 aromatic rings. The third-order valence-corrected chi connectivity index (χ3v) is 5.67. The SMILES string of the molecule is O=C(CSc1nc2ccccc2s1)N/N=C/c1ccc(Cl)c([N+](=O)[O-])c1. The van der Waals surface area contributed by atoms with Crippen LogP contribution in [-0.4, -0.2) is 27.8 Å². The van der Waals surface area contributed by atoms with Crippen molar-refractivity contribution < 1.29 is 9.72 Å². The molecule has 0 saturated heterocycles. The van der Waals surface area contributed by atoms with Gasteiger partial charge in [-0.05, 0) is 18.2 Å². The Labute approximate surface area is 161 Å². The number of hydrazone groups is 1. The highest BCUT2D eigenvalue weighted by molar-refractivity contribution is 8.01. The molecule has 0 unspecified atom stereocenters.